The van der Waals surface area contributed by atoms with Crippen LogP contribution in [0.1, 0.15) is 75.4 Å². The van der Waals surface area contributed by atoms with Crippen LogP contribution in [0.2, 0.25) is 10.0 Å². The van der Waals surface area contributed by atoms with Gasteiger partial charge < -0.3 is 5.11 Å². The molecule has 2 aromatic heterocycles. The third-order valence-corrected chi connectivity index (χ3v) is 8.50. The number of aliphatic carboxylic acids is 1. The third kappa shape index (κ3) is 5.15. The molecule has 1 N–H and O–H groups in total. The Balaban J connectivity index is 1.44. The van der Waals surface area contributed by atoms with Crippen molar-refractivity contribution in [2.45, 2.75) is 70.5 Å². The van der Waals surface area contributed by atoms with Gasteiger partial charge in [-0.05, 0) is 74.8 Å². The maximum atomic E-state index is 11.1. The van der Waals surface area contributed by atoms with Crippen molar-refractivity contribution in [2.75, 3.05) is 6.54 Å². The van der Waals surface area contributed by atoms with E-state index >= 15 is 0 Å². The Morgan fingerprint density at radius 2 is 2.13 bits per heavy atom. The van der Waals surface area contributed by atoms with Gasteiger partial charge in [-0.3, -0.25) is 9.69 Å². The van der Waals surface area contributed by atoms with Gasteiger partial charge in [0, 0.05) is 28.5 Å². The highest BCUT2D eigenvalue weighted by Crippen LogP contribution is 2.37. The number of carboxylic acid groups (broad SMARTS) is 1. The number of halogens is 2. The molecule has 1 aromatic carbocycles. The predicted molar refractivity (Wildman–Crippen MR) is 147 cm³/mol. The van der Waals surface area contributed by atoms with E-state index in [1.807, 2.05) is 13.0 Å². The molecule has 0 bridgehead atoms. The van der Waals surface area contributed by atoms with Gasteiger partial charge in [0.1, 0.15) is 11.6 Å². The van der Waals surface area contributed by atoms with Gasteiger partial charge >= 0.3 is 5.97 Å². The lowest BCUT2D eigenvalue weighted by molar-refractivity contribution is -0.137. The molecule has 1 fully saturated rings. The monoisotopic (exact) mass is 552 g/mol. The molecule has 4 atom stereocenters. The fraction of sp³-hybridized carbons (Fsp3) is 0.464. The van der Waals surface area contributed by atoms with Crippen LogP contribution in [0.3, 0.4) is 0 Å². The summed E-state index contributed by atoms with van der Waals surface area (Å²) < 4.78 is 1.71. The number of carboxylic acids is 1. The van der Waals surface area contributed by atoms with E-state index in [-0.39, 0.29) is 18.2 Å². The SMILES string of the molecule is CC1C=C(c2cnc3c(C#N)nn([C@H](C)c4ccc(Cl)cc4Cl)c3n2)CCC1N1CCC[C@H]1CCC(=O)O. The van der Waals surface area contributed by atoms with Crippen LogP contribution in [0.25, 0.3) is 16.7 Å². The number of nitrogens with zero attached hydrogens (tertiary/aromatic N) is 6. The molecule has 0 saturated carbocycles. The highest BCUT2D eigenvalue weighted by molar-refractivity contribution is 6.35. The first-order valence-corrected chi connectivity index (χ1v) is 13.8. The van der Waals surface area contributed by atoms with E-state index in [1.165, 1.54) is 0 Å². The number of rotatable bonds is 7. The smallest absolute Gasteiger partial charge is 0.303 e. The van der Waals surface area contributed by atoms with E-state index in [9.17, 15) is 10.1 Å². The highest BCUT2D eigenvalue weighted by atomic mass is 35.5. The van der Waals surface area contributed by atoms with Crippen LogP contribution in [0.15, 0.2) is 30.5 Å². The van der Waals surface area contributed by atoms with E-state index in [0.717, 1.165) is 49.1 Å². The van der Waals surface area contributed by atoms with Crippen molar-refractivity contribution >= 4 is 45.9 Å². The molecule has 8 nitrogen and oxygen atoms in total. The second kappa shape index (κ2) is 11.0. The molecule has 1 aliphatic heterocycles. The van der Waals surface area contributed by atoms with Gasteiger partial charge in [-0.1, -0.05) is 42.3 Å². The molecule has 2 unspecified atom stereocenters. The summed E-state index contributed by atoms with van der Waals surface area (Å²) in [5, 5.41) is 24.4. The van der Waals surface area contributed by atoms with Gasteiger partial charge in [0.05, 0.1) is 17.9 Å². The van der Waals surface area contributed by atoms with E-state index < -0.39 is 5.97 Å². The average Bonchev–Trinajstić information content (AvgIpc) is 3.51. The molecule has 3 heterocycles. The van der Waals surface area contributed by atoms with Crippen LogP contribution in [0.4, 0.5) is 0 Å². The molecule has 1 aliphatic carbocycles. The standard InChI is InChI=1S/C28H30Cl2N6O2/c1-16-12-18(5-9-25(16)35-11-3-4-20(35)7-10-26(37)38)24-15-32-27-23(14-31)34-36(28(27)33-24)17(2)21-8-6-19(29)13-22(21)30/h6,8,12-13,15-17,20,25H,3-5,7,9-11H2,1-2H3,(H,37,38)/t16?,17-,20+,25?/m1/s1. The summed E-state index contributed by atoms with van der Waals surface area (Å²) in [6.07, 6.45) is 8.96. The van der Waals surface area contributed by atoms with Gasteiger partial charge in [0.25, 0.3) is 0 Å². The van der Waals surface area contributed by atoms with Crippen molar-refractivity contribution in [3.8, 4) is 6.07 Å². The quantitative estimate of drug-likeness (QED) is 0.375. The number of benzene rings is 1. The minimum absolute atomic E-state index is 0.219. The number of allylic oxidation sites excluding steroid dienone is 1. The minimum atomic E-state index is -0.726. The number of hydrogen-bond donors (Lipinski definition) is 1. The normalized spacial score (nSPS) is 22.8. The number of aromatic nitrogens is 4. The topological polar surface area (TPSA) is 108 Å². The van der Waals surface area contributed by atoms with Crippen molar-refractivity contribution < 1.29 is 9.90 Å². The van der Waals surface area contributed by atoms with Crippen molar-refractivity contribution in [3.63, 3.8) is 0 Å². The molecule has 0 spiro atoms. The Morgan fingerprint density at radius 3 is 2.84 bits per heavy atom. The van der Waals surface area contributed by atoms with E-state index in [1.54, 1.807) is 23.0 Å². The lowest BCUT2D eigenvalue weighted by Gasteiger charge is -2.38. The predicted octanol–water partition coefficient (Wildman–Crippen LogP) is 6.13. The maximum Gasteiger partial charge on any atom is 0.303 e. The minimum Gasteiger partial charge on any atom is -0.481 e. The van der Waals surface area contributed by atoms with Crippen molar-refractivity contribution in [1.29, 1.82) is 5.26 Å². The highest BCUT2D eigenvalue weighted by Gasteiger charge is 2.35. The Kier molecular flexibility index (Phi) is 7.71. The molecule has 1 saturated heterocycles. The summed E-state index contributed by atoms with van der Waals surface area (Å²) in [5.41, 5.74) is 3.98. The third-order valence-electron chi connectivity index (χ3n) is 7.94. The van der Waals surface area contributed by atoms with Crippen molar-refractivity contribution in [3.05, 3.63) is 57.5 Å². The zero-order valence-corrected chi connectivity index (χ0v) is 23.0. The van der Waals surface area contributed by atoms with Gasteiger partial charge in [0.15, 0.2) is 11.3 Å². The largest absolute Gasteiger partial charge is 0.481 e. The van der Waals surface area contributed by atoms with E-state index in [0.29, 0.717) is 45.6 Å². The van der Waals surface area contributed by atoms with Crippen LogP contribution in [0, 0.1) is 17.2 Å². The number of fused-ring (bicyclic) bond motifs is 1. The summed E-state index contributed by atoms with van der Waals surface area (Å²) in [6, 6.07) is 7.92. The van der Waals surface area contributed by atoms with Gasteiger partial charge in [-0.15, -0.1) is 0 Å². The molecule has 38 heavy (non-hydrogen) atoms. The molecular weight excluding hydrogens is 523 g/mol. The van der Waals surface area contributed by atoms with E-state index in [4.69, 9.17) is 33.3 Å². The molecule has 3 aromatic rings. The second-order valence-electron chi connectivity index (χ2n) is 10.3. The fourth-order valence-electron chi connectivity index (χ4n) is 6.03. The maximum absolute atomic E-state index is 11.1. The molecule has 2 aliphatic rings. The summed E-state index contributed by atoms with van der Waals surface area (Å²) in [7, 11) is 0. The lowest BCUT2D eigenvalue weighted by Crippen LogP contribution is -2.43. The van der Waals surface area contributed by atoms with Crippen LogP contribution >= 0.6 is 23.2 Å². The number of likely N-dealkylation sites (tertiary alicyclic amines) is 1. The Labute approximate surface area is 231 Å². The zero-order valence-electron chi connectivity index (χ0n) is 21.4. The van der Waals surface area contributed by atoms with Gasteiger partial charge in [-0.25, -0.2) is 14.6 Å². The van der Waals surface area contributed by atoms with Gasteiger partial charge in [-0.2, -0.15) is 10.4 Å². The van der Waals surface area contributed by atoms with Gasteiger partial charge in [0.2, 0.25) is 0 Å². The van der Waals surface area contributed by atoms with Crippen LogP contribution in [0.5, 0.6) is 0 Å². The fourth-order valence-corrected chi connectivity index (χ4v) is 6.60. The Hall–Kier alpha value is -2.99. The van der Waals surface area contributed by atoms with Crippen LogP contribution < -0.4 is 0 Å². The Bertz CT molecular complexity index is 1450. The molecule has 0 radical (unpaired) electrons. The van der Waals surface area contributed by atoms with Crippen molar-refractivity contribution in [1.82, 2.24) is 24.6 Å². The molecular formula is C28H30Cl2N6O2. The Morgan fingerprint density at radius 1 is 1.32 bits per heavy atom. The summed E-state index contributed by atoms with van der Waals surface area (Å²) in [5.74, 6) is -0.427. The lowest BCUT2D eigenvalue weighted by atomic mass is 9.84. The second-order valence-corrected chi connectivity index (χ2v) is 11.1. The number of nitriles is 1. The zero-order chi connectivity index (χ0) is 27.0. The average molecular weight is 553 g/mol. The first kappa shape index (κ1) is 26.6. The molecule has 5 rings (SSSR count). The molecule has 198 valence electrons. The summed E-state index contributed by atoms with van der Waals surface area (Å²) in [6.45, 7) is 5.21. The van der Waals surface area contributed by atoms with E-state index in [2.05, 4.69) is 34.1 Å². The molecule has 10 heteroatoms. The first-order valence-electron chi connectivity index (χ1n) is 13.1. The molecule has 0 amide bonds. The van der Waals surface area contributed by atoms with Crippen molar-refractivity contribution in [2.24, 2.45) is 5.92 Å². The number of carbonyl (C=O) groups is 1. The summed E-state index contributed by atoms with van der Waals surface area (Å²) in [4.78, 5) is 23.2. The van der Waals surface area contributed by atoms with Crippen LogP contribution in [-0.4, -0.2) is 54.4 Å². The number of hydrogen-bond acceptors (Lipinski definition) is 6. The summed E-state index contributed by atoms with van der Waals surface area (Å²) >= 11 is 12.6. The van der Waals surface area contributed by atoms with Crippen LogP contribution in [-0.2, 0) is 4.79 Å². The first-order chi connectivity index (χ1) is 18.3.